The Kier molecular flexibility index (Phi) is 6.99. The third kappa shape index (κ3) is 5.18. The lowest BCUT2D eigenvalue weighted by atomic mass is 10.1. The van der Waals surface area contributed by atoms with Gasteiger partial charge in [-0.2, -0.15) is 0 Å². The predicted octanol–water partition coefficient (Wildman–Crippen LogP) is 4.44. The smallest absolute Gasteiger partial charge is 0.230 e. The van der Waals surface area contributed by atoms with E-state index in [-0.39, 0.29) is 11.9 Å². The number of ether oxygens (including phenoxy) is 2. The number of rotatable bonds is 7. The molecule has 2 rings (SSSR count). The lowest BCUT2D eigenvalue weighted by molar-refractivity contribution is -0.119. The van der Waals surface area contributed by atoms with Crippen molar-refractivity contribution in [1.82, 2.24) is 5.32 Å². The Morgan fingerprint density at radius 3 is 2.50 bits per heavy atom. The summed E-state index contributed by atoms with van der Waals surface area (Å²) >= 11 is 4.90. The summed E-state index contributed by atoms with van der Waals surface area (Å²) in [5, 5.41) is 3.00. The molecule has 2 aromatic carbocycles. The first-order chi connectivity index (χ1) is 11.5. The number of amides is 1. The van der Waals surface area contributed by atoms with Crippen LogP contribution < -0.4 is 14.8 Å². The third-order valence-corrected chi connectivity index (χ3v) is 5.01. The zero-order chi connectivity index (χ0) is 17.5. The molecule has 24 heavy (non-hydrogen) atoms. The average Bonchev–Trinajstić information content (AvgIpc) is 2.60. The first-order valence-corrected chi connectivity index (χ1v) is 9.21. The van der Waals surface area contributed by atoms with Gasteiger partial charge in [-0.25, -0.2) is 0 Å². The largest absolute Gasteiger partial charge is 0.497 e. The van der Waals surface area contributed by atoms with Crippen molar-refractivity contribution >= 4 is 33.6 Å². The van der Waals surface area contributed by atoms with E-state index in [9.17, 15) is 4.79 Å². The first kappa shape index (κ1) is 18.7. The normalized spacial score (nSPS) is 11.7. The average molecular weight is 410 g/mol. The summed E-state index contributed by atoms with van der Waals surface area (Å²) in [7, 11) is 3.23. The predicted molar refractivity (Wildman–Crippen MR) is 101 cm³/mol. The molecule has 0 aromatic heterocycles. The van der Waals surface area contributed by atoms with Crippen LogP contribution >= 0.6 is 27.7 Å². The second-order valence-corrected chi connectivity index (χ2v) is 7.10. The van der Waals surface area contributed by atoms with Gasteiger partial charge in [-0.1, -0.05) is 15.9 Å². The van der Waals surface area contributed by atoms with Crippen LogP contribution in [0.2, 0.25) is 0 Å². The highest BCUT2D eigenvalue weighted by Gasteiger charge is 2.15. The Morgan fingerprint density at radius 2 is 1.88 bits per heavy atom. The first-order valence-electron chi connectivity index (χ1n) is 7.43. The van der Waals surface area contributed by atoms with E-state index >= 15 is 0 Å². The second kappa shape index (κ2) is 8.99. The van der Waals surface area contributed by atoms with E-state index in [1.807, 2.05) is 49.4 Å². The van der Waals surface area contributed by atoms with Gasteiger partial charge in [0.2, 0.25) is 5.91 Å². The van der Waals surface area contributed by atoms with Gasteiger partial charge in [0.05, 0.1) is 26.0 Å². The van der Waals surface area contributed by atoms with E-state index in [4.69, 9.17) is 9.47 Å². The molecule has 1 N–H and O–H groups in total. The van der Waals surface area contributed by atoms with E-state index < -0.39 is 0 Å². The monoisotopic (exact) mass is 409 g/mol. The maximum atomic E-state index is 12.2. The topological polar surface area (TPSA) is 47.6 Å². The second-order valence-electron chi connectivity index (χ2n) is 5.14. The molecule has 4 nitrogen and oxygen atoms in total. The molecule has 128 valence electrons. The van der Waals surface area contributed by atoms with Crippen LogP contribution in [-0.4, -0.2) is 25.9 Å². The number of thioether (sulfide) groups is 1. The van der Waals surface area contributed by atoms with Crippen molar-refractivity contribution in [2.24, 2.45) is 0 Å². The van der Waals surface area contributed by atoms with Gasteiger partial charge >= 0.3 is 0 Å². The summed E-state index contributed by atoms with van der Waals surface area (Å²) in [5.41, 5.74) is 0.888. The SMILES string of the molecule is COc1ccc(OC)c(C(C)NC(=O)CSc2ccc(Br)cc2)c1. The Balaban J connectivity index is 1.97. The van der Waals surface area contributed by atoms with Crippen LogP contribution in [0.1, 0.15) is 18.5 Å². The molecule has 0 saturated carbocycles. The van der Waals surface area contributed by atoms with Crippen LogP contribution in [-0.2, 0) is 4.79 Å². The molecule has 0 bridgehead atoms. The van der Waals surface area contributed by atoms with Crippen LogP contribution in [0.3, 0.4) is 0 Å². The fourth-order valence-corrected chi connectivity index (χ4v) is 3.19. The lowest BCUT2D eigenvalue weighted by Crippen LogP contribution is -2.28. The van der Waals surface area contributed by atoms with Crippen LogP contribution in [0.15, 0.2) is 51.8 Å². The Hall–Kier alpha value is -1.66. The zero-order valence-electron chi connectivity index (χ0n) is 13.8. The molecule has 1 amide bonds. The maximum absolute atomic E-state index is 12.2. The highest BCUT2D eigenvalue weighted by molar-refractivity contribution is 9.10. The number of benzene rings is 2. The maximum Gasteiger partial charge on any atom is 0.230 e. The van der Waals surface area contributed by atoms with E-state index in [1.54, 1.807) is 14.2 Å². The molecule has 0 aliphatic carbocycles. The number of hydrogen-bond acceptors (Lipinski definition) is 4. The number of halogens is 1. The van der Waals surface area contributed by atoms with Crippen LogP contribution in [0.25, 0.3) is 0 Å². The zero-order valence-corrected chi connectivity index (χ0v) is 16.2. The van der Waals surface area contributed by atoms with Gasteiger partial charge in [0, 0.05) is 14.9 Å². The number of carbonyl (C=O) groups is 1. The number of carbonyl (C=O) groups excluding carboxylic acids is 1. The summed E-state index contributed by atoms with van der Waals surface area (Å²) in [4.78, 5) is 13.3. The van der Waals surface area contributed by atoms with Gasteiger partial charge in [0.15, 0.2) is 0 Å². The van der Waals surface area contributed by atoms with Crippen LogP contribution in [0.5, 0.6) is 11.5 Å². The minimum Gasteiger partial charge on any atom is -0.497 e. The molecule has 2 aromatic rings. The van der Waals surface area contributed by atoms with Crippen molar-refractivity contribution in [1.29, 1.82) is 0 Å². The fourth-order valence-electron chi connectivity index (χ4n) is 2.22. The molecule has 0 spiro atoms. The summed E-state index contributed by atoms with van der Waals surface area (Å²) in [6, 6.07) is 13.3. The molecule has 1 atom stereocenters. The van der Waals surface area contributed by atoms with E-state index in [2.05, 4.69) is 21.2 Å². The summed E-state index contributed by atoms with van der Waals surface area (Å²) < 4.78 is 11.6. The van der Waals surface area contributed by atoms with Crippen molar-refractivity contribution in [3.63, 3.8) is 0 Å². The van der Waals surface area contributed by atoms with Crippen molar-refractivity contribution < 1.29 is 14.3 Å². The molecule has 0 saturated heterocycles. The minimum absolute atomic E-state index is 0.0275. The Bertz CT molecular complexity index is 691. The summed E-state index contributed by atoms with van der Waals surface area (Å²) in [6.45, 7) is 1.93. The van der Waals surface area contributed by atoms with Crippen molar-refractivity contribution in [3.8, 4) is 11.5 Å². The molecule has 0 aliphatic rings. The van der Waals surface area contributed by atoms with Gasteiger partial charge in [-0.15, -0.1) is 11.8 Å². The highest BCUT2D eigenvalue weighted by Crippen LogP contribution is 2.29. The Morgan fingerprint density at radius 1 is 1.17 bits per heavy atom. The van der Waals surface area contributed by atoms with E-state index in [1.165, 1.54) is 11.8 Å². The molecule has 0 radical (unpaired) electrons. The molecular weight excluding hydrogens is 390 g/mol. The number of nitrogens with one attached hydrogen (secondary N) is 1. The van der Waals surface area contributed by atoms with Gasteiger partial charge in [-0.05, 0) is 49.4 Å². The minimum atomic E-state index is -0.173. The van der Waals surface area contributed by atoms with E-state index in [0.717, 1.165) is 26.4 Å². The van der Waals surface area contributed by atoms with Crippen molar-refractivity contribution in [2.75, 3.05) is 20.0 Å². The summed E-state index contributed by atoms with van der Waals surface area (Å²) in [6.07, 6.45) is 0. The fraction of sp³-hybridized carbons (Fsp3) is 0.278. The van der Waals surface area contributed by atoms with Crippen molar-refractivity contribution in [3.05, 3.63) is 52.5 Å². The Labute approximate surface area is 155 Å². The van der Waals surface area contributed by atoms with Crippen LogP contribution in [0.4, 0.5) is 0 Å². The molecular formula is C18H20BrNO3S. The van der Waals surface area contributed by atoms with Gasteiger partial charge in [0.1, 0.15) is 11.5 Å². The highest BCUT2D eigenvalue weighted by atomic mass is 79.9. The molecule has 0 aliphatic heterocycles. The quantitative estimate of drug-likeness (QED) is 0.686. The summed E-state index contributed by atoms with van der Waals surface area (Å²) in [5.74, 6) is 1.79. The molecule has 0 heterocycles. The van der Waals surface area contributed by atoms with Gasteiger partial charge < -0.3 is 14.8 Å². The van der Waals surface area contributed by atoms with Gasteiger partial charge in [0.25, 0.3) is 0 Å². The standard InChI is InChI=1S/C18H20BrNO3S/c1-12(16-10-14(22-2)6-9-17(16)23-3)20-18(21)11-24-15-7-4-13(19)5-8-15/h4-10,12H,11H2,1-3H3,(H,20,21). The van der Waals surface area contributed by atoms with Gasteiger partial charge in [-0.3, -0.25) is 4.79 Å². The third-order valence-electron chi connectivity index (χ3n) is 3.46. The molecule has 1 unspecified atom stereocenters. The number of methoxy groups -OCH3 is 2. The lowest BCUT2D eigenvalue weighted by Gasteiger charge is -2.18. The molecule has 0 fully saturated rings. The van der Waals surface area contributed by atoms with Crippen LogP contribution in [0, 0.1) is 0 Å². The van der Waals surface area contributed by atoms with Crippen molar-refractivity contribution in [2.45, 2.75) is 17.9 Å². The molecule has 6 heteroatoms. The number of hydrogen-bond donors (Lipinski definition) is 1. The van der Waals surface area contributed by atoms with E-state index in [0.29, 0.717) is 5.75 Å².